The quantitative estimate of drug-likeness (QED) is 0.939. The SMILES string of the molecule is CC(C)N1CCC(n2cc3cc(F)cc(C(N)=O)c3n2)C1. The van der Waals surface area contributed by atoms with Gasteiger partial charge in [-0.25, -0.2) is 4.39 Å². The molecule has 1 aliphatic rings. The van der Waals surface area contributed by atoms with Crippen LogP contribution in [0.15, 0.2) is 18.3 Å². The van der Waals surface area contributed by atoms with Gasteiger partial charge in [-0.2, -0.15) is 5.10 Å². The number of nitrogens with zero attached hydrogens (tertiary/aromatic N) is 3. The molecule has 0 bridgehead atoms. The number of aromatic nitrogens is 2. The number of amides is 1. The number of hydrogen-bond donors (Lipinski definition) is 1. The Kier molecular flexibility index (Phi) is 3.41. The Morgan fingerprint density at radius 2 is 2.24 bits per heavy atom. The van der Waals surface area contributed by atoms with E-state index in [0.29, 0.717) is 16.9 Å². The average Bonchev–Trinajstić information content (AvgIpc) is 3.03. The van der Waals surface area contributed by atoms with Crippen molar-refractivity contribution in [2.45, 2.75) is 32.4 Å². The molecule has 1 saturated heterocycles. The molecule has 6 heteroatoms. The first kappa shape index (κ1) is 14.0. The molecular weight excluding hydrogens is 271 g/mol. The summed E-state index contributed by atoms with van der Waals surface area (Å²) in [5, 5.41) is 5.09. The maximum Gasteiger partial charge on any atom is 0.251 e. The number of likely N-dealkylation sites (tertiary alicyclic amines) is 1. The van der Waals surface area contributed by atoms with Crippen LogP contribution in [0.5, 0.6) is 0 Å². The summed E-state index contributed by atoms with van der Waals surface area (Å²) in [6.07, 6.45) is 2.81. The highest BCUT2D eigenvalue weighted by Gasteiger charge is 2.26. The lowest BCUT2D eigenvalue weighted by Gasteiger charge is -2.20. The van der Waals surface area contributed by atoms with Gasteiger partial charge in [0.05, 0.1) is 11.6 Å². The van der Waals surface area contributed by atoms with Gasteiger partial charge in [-0.3, -0.25) is 14.4 Å². The molecule has 5 nitrogen and oxygen atoms in total. The summed E-state index contributed by atoms with van der Waals surface area (Å²) in [6, 6.07) is 3.29. The average molecular weight is 290 g/mol. The second-order valence-electron chi connectivity index (χ2n) is 5.90. The zero-order valence-corrected chi connectivity index (χ0v) is 12.2. The van der Waals surface area contributed by atoms with Crippen LogP contribution in [0.1, 0.15) is 36.7 Å². The molecule has 0 radical (unpaired) electrons. The molecule has 0 spiro atoms. The van der Waals surface area contributed by atoms with Gasteiger partial charge in [0.2, 0.25) is 0 Å². The lowest BCUT2D eigenvalue weighted by atomic mass is 10.1. The standard InChI is InChI=1S/C15H19FN4O/c1-9(2)19-4-3-12(8-19)20-7-10-5-11(16)6-13(15(17)21)14(10)18-20/h5-7,9,12H,3-4,8H2,1-2H3,(H2,17,21). The summed E-state index contributed by atoms with van der Waals surface area (Å²) < 4.78 is 15.4. The minimum absolute atomic E-state index is 0.141. The molecule has 1 aliphatic heterocycles. The van der Waals surface area contributed by atoms with Crippen molar-refractivity contribution in [2.75, 3.05) is 13.1 Å². The first-order valence-electron chi connectivity index (χ1n) is 7.18. The van der Waals surface area contributed by atoms with Crippen molar-refractivity contribution in [3.63, 3.8) is 0 Å². The molecule has 1 amide bonds. The van der Waals surface area contributed by atoms with Crippen molar-refractivity contribution in [3.8, 4) is 0 Å². The Labute approximate surface area is 122 Å². The summed E-state index contributed by atoms with van der Waals surface area (Å²) in [7, 11) is 0. The van der Waals surface area contributed by atoms with Gasteiger partial charge >= 0.3 is 0 Å². The molecule has 1 fully saturated rings. The number of rotatable bonds is 3. The van der Waals surface area contributed by atoms with Crippen LogP contribution < -0.4 is 5.73 Å². The lowest BCUT2D eigenvalue weighted by molar-refractivity contribution is 0.100. The van der Waals surface area contributed by atoms with E-state index in [1.165, 1.54) is 6.07 Å². The Bertz CT molecular complexity index is 694. The normalized spacial score (nSPS) is 19.7. The highest BCUT2D eigenvalue weighted by atomic mass is 19.1. The molecule has 3 rings (SSSR count). The maximum atomic E-state index is 13.6. The Balaban J connectivity index is 1.98. The summed E-state index contributed by atoms with van der Waals surface area (Å²) in [6.45, 7) is 6.28. The highest BCUT2D eigenvalue weighted by molar-refractivity contribution is 6.04. The fourth-order valence-electron chi connectivity index (χ4n) is 2.95. The minimum atomic E-state index is -0.653. The first-order chi connectivity index (χ1) is 9.95. The van der Waals surface area contributed by atoms with Crippen LogP contribution in [0, 0.1) is 5.82 Å². The van der Waals surface area contributed by atoms with E-state index >= 15 is 0 Å². The molecule has 1 aromatic heterocycles. The molecule has 2 heterocycles. The van der Waals surface area contributed by atoms with Crippen molar-refractivity contribution in [2.24, 2.45) is 5.73 Å². The smallest absolute Gasteiger partial charge is 0.251 e. The van der Waals surface area contributed by atoms with Crippen LogP contribution in [0.25, 0.3) is 10.9 Å². The van der Waals surface area contributed by atoms with Gasteiger partial charge in [0.25, 0.3) is 5.91 Å². The van der Waals surface area contributed by atoms with E-state index in [2.05, 4.69) is 23.8 Å². The van der Waals surface area contributed by atoms with Crippen LogP contribution in [-0.4, -0.2) is 39.7 Å². The monoisotopic (exact) mass is 290 g/mol. The van der Waals surface area contributed by atoms with Gasteiger partial charge in [-0.1, -0.05) is 0 Å². The summed E-state index contributed by atoms with van der Waals surface area (Å²) in [4.78, 5) is 13.8. The van der Waals surface area contributed by atoms with Crippen LogP contribution in [0.2, 0.25) is 0 Å². The zero-order chi connectivity index (χ0) is 15.1. The number of fused-ring (bicyclic) bond motifs is 1. The number of primary amides is 1. The number of nitrogens with two attached hydrogens (primary N) is 1. The fraction of sp³-hybridized carbons (Fsp3) is 0.467. The van der Waals surface area contributed by atoms with Crippen LogP contribution in [0.3, 0.4) is 0 Å². The van der Waals surface area contributed by atoms with E-state index in [-0.39, 0.29) is 11.6 Å². The Hall–Kier alpha value is -1.95. The Morgan fingerprint density at radius 1 is 1.48 bits per heavy atom. The van der Waals surface area contributed by atoms with Crippen molar-refractivity contribution in [3.05, 3.63) is 29.7 Å². The van der Waals surface area contributed by atoms with Crippen LogP contribution >= 0.6 is 0 Å². The van der Waals surface area contributed by atoms with Gasteiger partial charge in [0, 0.05) is 30.7 Å². The molecule has 21 heavy (non-hydrogen) atoms. The second-order valence-corrected chi connectivity index (χ2v) is 5.90. The topological polar surface area (TPSA) is 64.2 Å². The molecule has 0 aliphatic carbocycles. The molecule has 112 valence electrons. The molecule has 1 unspecified atom stereocenters. The first-order valence-corrected chi connectivity index (χ1v) is 7.18. The van der Waals surface area contributed by atoms with Crippen LogP contribution in [-0.2, 0) is 0 Å². The van der Waals surface area contributed by atoms with Gasteiger partial charge in [-0.15, -0.1) is 0 Å². The van der Waals surface area contributed by atoms with E-state index < -0.39 is 11.7 Å². The van der Waals surface area contributed by atoms with E-state index in [1.54, 1.807) is 6.20 Å². The maximum absolute atomic E-state index is 13.6. The number of carbonyl (C=O) groups excluding carboxylic acids is 1. The van der Waals surface area contributed by atoms with Crippen molar-refractivity contribution < 1.29 is 9.18 Å². The minimum Gasteiger partial charge on any atom is -0.366 e. The van der Waals surface area contributed by atoms with Gasteiger partial charge in [0.1, 0.15) is 11.3 Å². The van der Waals surface area contributed by atoms with Crippen molar-refractivity contribution >= 4 is 16.8 Å². The summed E-state index contributed by atoms with van der Waals surface area (Å²) >= 11 is 0. The zero-order valence-electron chi connectivity index (χ0n) is 12.2. The third-order valence-electron chi connectivity index (χ3n) is 4.16. The van der Waals surface area contributed by atoms with Crippen molar-refractivity contribution in [1.29, 1.82) is 0 Å². The third kappa shape index (κ3) is 2.51. The fourth-order valence-corrected chi connectivity index (χ4v) is 2.95. The lowest BCUT2D eigenvalue weighted by Crippen LogP contribution is -2.28. The van der Waals surface area contributed by atoms with Crippen molar-refractivity contribution in [1.82, 2.24) is 14.7 Å². The number of hydrogen-bond acceptors (Lipinski definition) is 3. The molecule has 2 aromatic rings. The Morgan fingerprint density at radius 3 is 2.86 bits per heavy atom. The summed E-state index contributed by atoms with van der Waals surface area (Å²) in [5.74, 6) is -1.12. The molecule has 0 saturated carbocycles. The molecule has 1 atom stereocenters. The van der Waals surface area contributed by atoms with E-state index in [9.17, 15) is 9.18 Å². The largest absolute Gasteiger partial charge is 0.366 e. The predicted molar refractivity (Wildman–Crippen MR) is 78.6 cm³/mol. The molecular formula is C15H19FN4O. The van der Waals surface area contributed by atoms with E-state index in [0.717, 1.165) is 25.6 Å². The van der Waals surface area contributed by atoms with Crippen LogP contribution in [0.4, 0.5) is 4.39 Å². The van der Waals surface area contributed by atoms with Gasteiger partial charge < -0.3 is 5.73 Å². The number of carbonyl (C=O) groups is 1. The predicted octanol–water partition coefficient (Wildman–Crippen LogP) is 1.93. The molecule has 2 N–H and O–H groups in total. The third-order valence-corrected chi connectivity index (χ3v) is 4.16. The highest BCUT2D eigenvalue weighted by Crippen LogP contribution is 2.26. The van der Waals surface area contributed by atoms with E-state index in [1.807, 2.05) is 4.68 Å². The molecule has 1 aromatic carbocycles. The second kappa shape index (κ2) is 5.11. The van der Waals surface area contributed by atoms with Gasteiger partial charge in [-0.05, 0) is 32.4 Å². The van der Waals surface area contributed by atoms with Gasteiger partial charge in [0.15, 0.2) is 0 Å². The number of halogens is 1. The van der Waals surface area contributed by atoms with E-state index in [4.69, 9.17) is 5.73 Å². The summed E-state index contributed by atoms with van der Waals surface area (Å²) in [5.41, 5.74) is 5.93. The number of benzene rings is 1.